The fraction of sp³-hybridized carbons (Fsp3) is 0.333. The maximum absolute atomic E-state index is 5.21. The van der Waals surface area contributed by atoms with Gasteiger partial charge in [-0.15, -0.1) is 5.10 Å². The molecule has 0 atom stereocenters. The molecule has 0 bridgehead atoms. The number of aryl methyl sites for hydroxylation is 2. The predicted octanol–water partition coefficient (Wildman–Crippen LogP) is 1.29. The van der Waals surface area contributed by atoms with E-state index in [4.69, 9.17) is 4.74 Å². The highest BCUT2D eigenvalue weighted by Gasteiger charge is 2.07. The first-order chi connectivity index (χ1) is 6.22. The van der Waals surface area contributed by atoms with Gasteiger partial charge in [0.2, 0.25) is 0 Å². The lowest BCUT2D eigenvalue weighted by Crippen LogP contribution is -1.90. The first kappa shape index (κ1) is 8.04. The maximum atomic E-state index is 5.21. The summed E-state index contributed by atoms with van der Waals surface area (Å²) >= 11 is 0. The Hall–Kier alpha value is -1.58. The van der Waals surface area contributed by atoms with E-state index < -0.39 is 0 Å². The van der Waals surface area contributed by atoms with Gasteiger partial charge in [-0.2, -0.15) is 0 Å². The fourth-order valence-electron chi connectivity index (χ4n) is 1.39. The SMILES string of the molecule is COc1cc(C)cc2c1nnn2C. The Labute approximate surface area is 76.1 Å². The van der Waals surface area contributed by atoms with E-state index in [0.29, 0.717) is 0 Å². The van der Waals surface area contributed by atoms with Crippen LogP contribution in [0.3, 0.4) is 0 Å². The van der Waals surface area contributed by atoms with Crippen molar-refractivity contribution in [1.82, 2.24) is 15.0 Å². The Morgan fingerprint density at radius 1 is 1.38 bits per heavy atom. The number of ether oxygens (including phenoxy) is 1. The average molecular weight is 177 g/mol. The molecule has 0 radical (unpaired) electrons. The van der Waals surface area contributed by atoms with Crippen LogP contribution in [0, 0.1) is 6.92 Å². The van der Waals surface area contributed by atoms with E-state index in [1.54, 1.807) is 11.8 Å². The monoisotopic (exact) mass is 177 g/mol. The summed E-state index contributed by atoms with van der Waals surface area (Å²) in [4.78, 5) is 0. The summed E-state index contributed by atoms with van der Waals surface area (Å²) in [7, 11) is 3.51. The number of nitrogens with zero attached hydrogens (tertiary/aromatic N) is 3. The predicted molar refractivity (Wildman–Crippen MR) is 49.8 cm³/mol. The second kappa shape index (κ2) is 2.73. The molecule has 0 N–H and O–H groups in total. The molecule has 0 saturated heterocycles. The summed E-state index contributed by atoms with van der Waals surface area (Å²) in [5.41, 5.74) is 2.96. The molecule has 68 valence electrons. The quantitative estimate of drug-likeness (QED) is 0.658. The van der Waals surface area contributed by atoms with Crippen LogP contribution in [-0.4, -0.2) is 22.1 Å². The van der Waals surface area contributed by atoms with Crippen molar-refractivity contribution in [3.63, 3.8) is 0 Å². The van der Waals surface area contributed by atoms with Crippen molar-refractivity contribution < 1.29 is 4.74 Å². The van der Waals surface area contributed by atoms with E-state index in [2.05, 4.69) is 10.3 Å². The molecule has 2 rings (SSSR count). The van der Waals surface area contributed by atoms with Gasteiger partial charge in [-0.1, -0.05) is 5.21 Å². The van der Waals surface area contributed by atoms with Gasteiger partial charge in [0.25, 0.3) is 0 Å². The third-order valence-corrected chi connectivity index (χ3v) is 2.05. The van der Waals surface area contributed by atoms with Crippen LogP contribution in [0.15, 0.2) is 12.1 Å². The third-order valence-electron chi connectivity index (χ3n) is 2.05. The maximum Gasteiger partial charge on any atom is 0.155 e. The normalized spacial score (nSPS) is 10.7. The van der Waals surface area contributed by atoms with Crippen molar-refractivity contribution >= 4 is 11.0 Å². The minimum absolute atomic E-state index is 0.781. The number of benzene rings is 1. The molecule has 0 aliphatic rings. The number of aromatic nitrogens is 3. The zero-order valence-corrected chi connectivity index (χ0v) is 7.90. The van der Waals surface area contributed by atoms with E-state index >= 15 is 0 Å². The summed E-state index contributed by atoms with van der Waals surface area (Å²) in [5, 5.41) is 7.95. The third kappa shape index (κ3) is 1.14. The van der Waals surface area contributed by atoms with E-state index in [0.717, 1.165) is 22.3 Å². The molecule has 1 aromatic heterocycles. The summed E-state index contributed by atoms with van der Waals surface area (Å²) < 4.78 is 6.95. The Kier molecular flexibility index (Phi) is 1.69. The first-order valence-electron chi connectivity index (χ1n) is 4.06. The van der Waals surface area contributed by atoms with Gasteiger partial charge in [0.15, 0.2) is 5.52 Å². The standard InChI is InChI=1S/C9H11N3O/c1-6-4-7-9(8(5-6)13-3)10-11-12(7)2/h4-5H,1-3H3. The number of fused-ring (bicyclic) bond motifs is 1. The Balaban J connectivity index is 2.84. The van der Waals surface area contributed by atoms with E-state index in [1.807, 2.05) is 26.1 Å². The number of hydrogen-bond acceptors (Lipinski definition) is 3. The van der Waals surface area contributed by atoms with Crippen LogP contribution in [-0.2, 0) is 7.05 Å². The van der Waals surface area contributed by atoms with Gasteiger partial charge in [0, 0.05) is 7.05 Å². The van der Waals surface area contributed by atoms with Gasteiger partial charge in [0.05, 0.1) is 12.6 Å². The molecule has 0 spiro atoms. The molecule has 0 unspecified atom stereocenters. The van der Waals surface area contributed by atoms with E-state index in [9.17, 15) is 0 Å². The lowest BCUT2D eigenvalue weighted by Gasteiger charge is -2.01. The Morgan fingerprint density at radius 2 is 2.15 bits per heavy atom. The molecule has 0 amide bonds. The van der Waals surface area contributed by atoms with Crippen molar-refractivity contribution in [3.8, 4) is 5.75 Å². The second-order valence-electron chi connectivity index (χ2n) is 3.05. The van der Waals surface area contributed by atoms with Crippen LogP contribution in [0.2, 0.25) is 0 Å². The summed E-state index contributed by atoms with van der Waals surface area (Å²) in [6.45, 7) is 2.02. The smallest absolute Gasteiger partial charge is 0.155 e. The molecular formula is C9H11N3O. The van der Waals surface area contributed by atoms with Gasteiger partial charge in [-0.05, 0) is 24.6 Å². The molecule has 0 aliphatic heterocycles. The minimum Gasteiger partial charge on any atom is -0.494 e. The fourth-order valence-corrected chi connectivity index (χ4v) is 1.39. The summed E-state index contributed by atoms with van der Waals surface area (Å²) in [6, 6.07) is 3.99. The molecule has 0 saturated carbocycles. The van der Waals surface area contributed by atoms with Crippen molar-refractivity contribution in [2.75, 3.05) is 7.11 Å². The largest absolute Gasteiger partial charge is 0.494 e. The summed E-state index contributed by atoms with van der Waals surface area (Å²) in [5.74, 6) is 0.781. The highest BCUT2D eigenvalue weighted by atomic mass is 16.5. The van der Waals surface area contributed by atoms with Crippen molar-refractivity contribution in [1.29, 1.82) is 0 Å². The van der Waals surface area contributed by atoms with Crippen molar-refractivity contribution in [3.05, 3.63) is 17.7 Å². The lowest BCUT2D eigenvalue weighted by molar-refractivity contribution is 0.418. The zero-order valence-electron chi connectivity index (χ0n) is 7.90. The molecule has 2 aromatic rings. The topological polar surface area (TPSA) is 39.9 Å². The zero-order chi connectivity index (χ0) is 9.42. The van der Waals surface area contributed by atoms with E-state index in [-0.39, 0.29) is 0 Å². The first-order valence-corrected chi connectivity index (χ1v) is 4.06. The van der Waals surface area contributed by atoms with Crippen molar-refractivity contribution in [2.24, 2.45) is 7.05 Å². The van der Waals surface area contributed by atoms with Gasteiger partial charge >= 0.3 is 0 Å². The van der Waals surface area contributed by atoms with Crippen LogP contribution >= 0.6 is 0 Å². The van der Waals surface area contributed by atoms with Gasteiger partial charge in [-0.3, -0.25) is 0 Å². The van der Waals surface area contributed by atoms with Crippen LogP contribution in [0.5, 0.6) is 5.75 Å². The average Bonchev–Trinajstić information content (AvgIpc) is 2.47. The minimum atomic E-state index is 0.781. The molecule has 13 heavy (non-hydrogen) atoms. The van der Waals surface area contributed by atoms with Gasteiger partial charge in [0.1, 0.15) is 5.75 Å². The summed E-state index contributed by atoms with van der Waals surface area (Å²) in [6.07, 6.45) is 0. The van der Waals surface area contributed by atoms with Gasteiger partial charge < -0.3 is 4.74 Å². The molecule has 4 nitrogen and oxygen atoms in total. The number of hydrogen-bond donors (Lipinski definition) is 0. The Morgan fingerprint density at radius 3 is 2.85 bits per heavy atom. The molecule has 4 heteroatoms. The number of methoxy groups -OCH3 is 1. The molecule has 1 aromatic carbocycles. The highest BCUT2D eigenvalue weighted by molar-refractivity contribution is 5.81. The lowest BCUT2D eigenvalue weighted by atomic mass is 10.2. The van der Waals surface area contributed by atoms with Crippen LogP contribution in [0.25, 0.3) is 11.0 Å². The van der Waals surface area contributed by atoms with Crippen LogP contribution < -0.4 is 4.74 Å². The van der Waals surface area contributed by atoms with Crippen molar-refractivity contribution in [2.45, 2.75) is 6.92 Å². The van der Waals surface area contributed by atoms with Gasteiger partial charge in [-0.25, -0.2) is 4.68 Å². The molecule has 1 heterocycles. The Bertz CT molecular complexity index is 447. The molecule has 0 aliphatic carbocycles. The second-order valence-corrected chi connectivity index (χ2v) is 3.05. The number of rotatable bonds is 1. The van der Waals surface area contributed by atoms with E-state index in [1.165, 1.54) is 0 Å². The van der Waals surface area contributed by atoms with Crippen LogP contribution in [0.4, 0.5) is 0 Å². The molecular weight excluding hydrogens is 166 g/mol. The molecule has 0 fully saturated rings. The van der Waals surface area contributed by atoms with Crippen LogP contribution in [0.1, 0.15) is 5.56 Å². The highest BCUT2D eigenvalue weighted by Crippen LogP contribution is 2.24.